The predicted octanol–water partition coefficient (Wildman–Crippen LogP) is 6.49. The van der Waals surface area contributed by atoms with Crippen molar-refractivity contribution >= 4 is 21.5 Å². The monoisotopic (exact) mass is 302 g/mol. The van der Waals surface area contributed by atoms with Gasteiger partial charge >= 0.3 is 0 Å². The number of unbranched alkanes of at least 4 members (excludes halogenated alkanes) is 1. The fourth-order valence-corrected chi connectivity index (χ4v) is 4.68. The molecule has 1 aliphatic carbocycles. The normalized spacial score (nSPS) is 21.8. The molecule has 2 unspecified atom stereocenters. The maximum atomic E-state index is 6.37. The first kappa shape index (κ1) is 13.4. The van der Waals surface area contributed by atoms with Gasteiger partial charge in [-0.1, -0.05) is 56.2 Å². The maximum absolute atomic E-state index is 6.37. The standard InChI is InChI=1S/C22H22O/c1-2-3-6-14-9-12-19-21-17(14)10-11-18-16-8-5-4-7-15(16)13-20(23-19)22(18)21/h4-5,7-8,10-11,13-14,19H,2-3,6,9,12H2,1H3. The van der Waals surface area contributed by atoms with Crippen molar-refractivity contribution in [2.45, 2.75) is 51.0 Å². The van der Waals surface area contributed by atoms with Gasteiger partial charge in [0.25, 0.3) is 0 Å². The highest BCUT2D eigenvalue weighted by Gasteiger charge is 2.35. The van der Waals surface area contributed by atoms with E-state index in [2.05, 4.69) is 49.4 Å². The molecule has 0 spiro atoms. The van der Waals surface area contributed by atoms with Crippen LogP contribution in [0.3, 0.4) is 0 Å². The van der Waals surface area contributed by atoms with Gasteiger partial charge in [-0.25, -0.2) is 0 Å². The molecule has 0 amide bonds. The Morgan fingerprint density at radius 2 is 1.96 bits per heavy atom. The average Bonchev–Trinajstić information content (AvgIpc) is 2.97. The Bertz CT molecular complexity index is 909. The molecule has 0 radical (unpaired) electrons. The Morgan fingerprint density at radius 1 is 1.04 bits per heavy atom. The molecular weight excluding hydrogens is 280 g/mol. The van der Waals surface area contributed by atoms with E-state index < -0.39 is 0 Å². The largest absolute Gasteiger partial charge is 0.485 e. The highest BCUT2D eigenvalue weighted by molar-refractivity contribution is 6.12. The lowest BCUT2D eigenvalue weighted by Gasteiger charge is -2.28. The van der Waals surface area contributed by atoms with Crippen LogP contribution in [0, 0.1) is 0 Å². The van der Waals surface area contributed by atoms with E-state index in [0.717, 1.165) is 11.7 Å². The van der Waals surface area contributed by atoms with Crippen LogP contribution in [0.1, 0.15) is 62.2 Å². The van der Waals surface area contributed by atoms with Gasteiger partial charge in [0, 0.05) is 10.9 Å². The second-order valence-electron chi connectivity index (χ2n) is 7.11. The van der Waals surface area contributed by atoms with Gasteiger partial charge in [-0.3, -0.25) is 0 Å². The van der Waals surface area contributed by atoms with Gasteiger partial charge in [-0.2, -0.15) is 0 Å². The van der Waals surface area contributed by atoms with Gasteiger partial charge in [0.2, 0.25) is 0 Å². The van der Waals surface area contributed by atoms with Crippen molar-refractivity contribution < 1.29 is 4.74 Å². The van der Waals surface area contributed by atoms with Crippen LogP contribution in [0.2, 0.25) is 0 Å². The Labute approximate surface area is 137 Å². The number of benzene rings is 3. The van der Waals surface area contributed by atoms with Crippen molar-refractivity contribution in [3.8, 4) is 5.75 Å². The van der Waals surface area contributed by atoms with Gasteiger partial charge < -0.3 is 4.74 Å². The predicted molar refractivity (Wildman–Crippen MR) is 96.3 cm³/mol. The Balaban J connectivity index is 1.78. The van der Waals surface area contributed by atoms with Crippen LogP contribution in [0.15, 0.2) is 42.5 Å². The van der Waals surface area contributed by atoms with Crippen molar-refractivity contribution in [1.82, 2.24) is 0 Å². The molecule has 1 heteroatoms. The van der Waals surface area contributed by atoms with Gasteiger partial charge in [0.05, 0.1) is 0 Å². The van der Waals surface area contributed by atoms with E-state index in [1.54, 1.807) is 5.56 Å². The summed E-state index contributed by atoms with van der Waals surface area (Å²) in [5.74, 6) is 1.84. The summed E-state index contributed by atoms with van der Waals surface area (Å²) >= 11 is 0. The summed E-state index contributed by atoms with van der Waals surface area (Å²) in [5.41, 5.74) is 3.08. The fourth-order valence-electron chi connectivity index (χ4n) is 4.68. The van der Waals surface area contributed by atoms with E-state index >= 15 is 0 Å². The lowest BCUT2D eigenvalue weighted by atomic mass is 9.77. The zero-order chi connectivity index (χ0) is 15.4. The molecule has 116 valence electrons. The van der Waals surface area contributed by atoms with Crippen molar-refractivity contribution in [3.63, 3.8) is 0 Å². The third-order valence-electron chi connectivity index (χ3n) is 5.78. The quantitative estimate of drug-likeness (QED) is 0.502. The lowest BCUT2D eigenvalue weighted by molar-refractivity contribution is 0.192. The molecule has 2 aliphatic rings. The van der Waals surface area contributed by atoms with Crippen molar-refractivity contribution in [2.75, 3.05) is 0 Å². The smallest absolute Gasteiger partial charge is 0.129 e. The van der Waals surface area contributed by atoms with Gasteiger partial charge in [0.1, 0.15) is 11.9 Å². The molecular formula is C22H22O. The molecule has 0 saturated carbocycles. The molecule has 0 aromatic heterocycles. The van der Waals surface area contributed by atoms with Crippen molar-refractivity contribution in [3.05, 3.63) is 53.6 Å². The lowest BCUT2D eigenvalue weighted by Crippen LogP contribution is -2.15. The van der Waals surface area contributed by atoms with E-state index in [4.69, 9.17) is 4.74 Å². The van der Waals surface area contributed by atoms with Crippen LogP contribution in [0.5, 0.6) is 5.75 Å². The van der Waals surface area contributed by atoms with Crippen molar-refractivity contribution in [1.29, 1.82) is 0 Å². The molecule has 1 aliphatic heterocycles. The molecule has 1 heterocycles. The minimum atomic E-state index is 0.290. The first-order valence-electron chi connectivity index (χ1n) is 9.01. The van der Waals surface area contributed by atoms with Crippen LogP contribution < -0.4 is 4.74 Å². The first-order chi connectivity index (χ1) is 11.4. The Hall–Kier alpha value is -2.02. The number of hydrogen-bond acceptors (Lipinski definition) is 1. The molecule has 2 atom stereocenters. The zero-order valence-corrected chi connectivity index (χ0v) is 13.6. The van der Waals surface area contributed by atoms with E-state index in [9.17, 15) is 0 Å². The second kappa shape index (κ2) is 4.99. The first-order valence-corrected chi connectivity index (χ1v) is 9.01. The highest BCUT2D eigenvalue weighted by Crippen LogP contribution is 2.53. The summed E-state index contributed by atoms with van der Waals surface area (Å²) in [4.78, 5) is 0. The molecule has 0 saturated heterocycles. The van der Waals surface area contributed by atoms with Crippen LogP contribution in [-0.2, 0) is 0 Å². The number of hydrogen-bond donors (Lipinski definition) is 0. The highest BCUT2D eigenvalue weighted by atomic mass is 16.5. The SMILES string of the molecule is CCCCC1CCC2Oc3cc4ccccc4c4ccc1c2c34. The third-order valence-corrected chi connectivity index (χ3v) is 5.78. The summed E-state index contributed by atoms with van der Waals surface area (Å²) in [6.07, 6.45) is 6.68. The second-order valence-corrected chi connectivity index (χ2v) is 7.11. The zero-order valence-electron chi connectivity index (χ0n) is 13.6. The van der Waals surface area contributed by atoms with E-state index in [1.807, 2.05) is 0 Å². The van der Waals surface area contributed by atoms with Crippen LogP contribution in [0.4, 0.5) is 0 Å². The van der Waals surface area contributed by atoms with Gasteiger partial charge in [-0.05, 0) is 53.0 Å². The summed E-state index contributed by atoms with van der Waals surface area (Å²) in [6, 6.07) is 15.7. The van der Waals surface area contributed by atoms with Crippen molar-refractivity contribution in [2.24, 2.45) is 0 Å². The molecule has 0 bridgehead atoms. The fraction of sp³-hybridized carbons (Fsp3) is 0.364. The topological polar surface area (TPSA) is 9.23 Å². The van der Waals surface area contributed by atoms with Crippen LogP contribution in [-0.4, -0.2) is 0 Å². The minimum Gasteiger partial charge on any atom is -0.485 e. The minimum absolute atomic E-state index is 0.290. The van der Waals surface area contributed by atoms with Gasteiger partial charge in [0.15, 0.2) is 0 Å². The number of fused-ring (bicyclic) bond motifs is 2. The molecule has 0 fully saturated rings. The summed E-state index contributed by atoms with van der Waals surface area (Å²) in [6.45, 7) is 2.29. The molecule has 23 heavy (non-hydrogen) atoms. The molecule has 5 rings (SSSR count). The summed E-state index contributed by atoms with van der Waals surface area (Å²) in [5, 5.41) is 5.41. The molecule has 3 aromatic rings. The van der Waals surface area contributed by atoms with Crippen LogP contribution in [0.25, 0.3) is 21.5 Å². The number of ether oxygens (including phenoxy) is 1. The maximum Gasteiger partial charge on any atom is 0.129 e. The Morgan fingerprint density at radius 3 is 2.87 bits per heavy atom. The number of rotatable bonds is 3. The molecule has 3 aromatic carbocycles. The summed E-state index contributed by atoms with van der Waals surface area (Å²) in [7, 11) is 0. The van der Waals surface area contributed by atoms with E-state index in [1.165, 1.54) is 59.2 Å². The van der Waals surface area contributed by atoms with Gasteiger partial charge in [-0.15, -0.1) is 0 Å². The van der Waals surface area contributed by atoms with E-state index in [-0.39, 0.29) is 0 Å². The van der Waals surface area contributed by atoms with E-state index in [0.29, 0.717) is 6.10 Å². The summed E-state index contributed by atoms with van der Waals surface area (Å²) < 4.78 is 6.37. The third kappa shape index (κ3) is 1.86. The molecule has 0 N–H and O–H groups in total. The average molecular weight is 302 g/mol. The Kier molecular flexibility index (Phi) is 2.91. The van der Waals surface area contributed by atoms with Crippen LogP contribution >= 0.6 is 0 Å². The molecule has 1 nitrogen and oxygen atoms in total.